The van der Waals surface area contributed by atoms with Crippen LogP contribution in [0.15, 0.2) is 0 Å². The second-order valence-electron chi connectivity index (χ2n) is 3.72. The van der Waals surface area contributed by atoms with Crippen LogP contribution in [0.2, 0.25) is 0 Å². The van der Waals surface area contributed by atoms with E-state index >= 15 is 0 Å². The summed E-state index contributed by atoms with van der Waals surface area (Å²) in [5.41, 5.74) is 0. The van der Waals surface area contributed by atoms with Crippen molar-refractivity contribution >= 4 is 0 Å². The number of hydrogen-bond donors (Lipinski definition) is 1. The fraction of sp³-hybridized carbons (Fsp3) is 1.00. The van der Waals surface area contributed by atoms with Gasteiger partial charge in [-0.15, -0.1) is 0 Å². The van der Waals surface area contributed by atoms with Gasteiger partial charge in [0.05, 0.1) is 25.4 Å². The predicted octanol–water partition coefficient (Wildman–Crippen LogP) is 0.563. The Bertz CT molecular complexity index is 137. The predicted molar refractivity (Wildman–Crippen MR) is 43.9 cm³/mol. The van der Waals surface area contributed by atoms with E-state index in [2.05, 4.69) is 0 Å². The maximum atomic E-state index is 9.48. The van der Waals surface area contributed by atoms with Crippen LogP contribution in [0.25, 0.3) is 0 Å². The smallest absolute Gasteiger partial charge is 0.0831 e. The van der Waals surface area contributed by atoms with Crippen LogP contribution in [0.1, 0.15) is 19.3 Å². The highest BCUT2D eigenvalue weighted by Gasteiger charge is 2.30. The van der Waals surface area contributed by atoms with Crippen molar-refractivity contribution in [1.82, 2.24) is 0 Å². The van der Waals surface area contributed by atoms with Crippen molar-refractivity contribution in [3.63, 3.8) is 0 Å². The molecule has 1 saturated carbocycles. The van der Waals surface area contributed by atoms with Crippen LogP contribution in [-0.2, 0) is 9.47 Å². The Morgan fingerprint density at radius 1 is 1.42 bits per heavy atom. The monoisotopic (exact) mass is 172 g/mol. The van der Waals surface area contributed by atoms with E-state index in [0.29, 0.717) is 19.1 Å². The first-order valence-corrected chi connectivity index (χ1v) is 4.73. The van der Waals surface area contributed by atoms with Gasteiger partial charge in [-0.25, -0.2) is 0 Å². The maximum absolute atomic E-state index is 9.48. The van der Waals surface area contributed by atoms with Crippen molar-refractivity contribution in [2.75, 3.05) is 19.8 Å². The molecule has 2 fully saturated rings. The molecule has 3 heteroatoms. The van der Waals surface area contributed by atoms with E-state index in [1.165, 1.54) is 12.8 Å². The molecule has 0 spiro atoms. The third-order valence-electron chi connectivity index (χ3n) is 2.56. The molecule has 1 heterocycles. The van der Waals surface area contributed by atoms with Gasteiger partial charge in [-0.05, 0) is 25.2 Å². The molecule has 2 rings (SSSR count). The number of aliphatic hydroxyl groups is 1. The summed E-state index contributed by atoms with van der Waals surface area (Å²) in [4.78, 5) is 0. The molecule has 0 aromatic rings. The van der Waals surface area contributed by atoms with Crippen LogP contribution in [0.4, 0.5) is 0 Å². The fourth-order valence-corrected chi connectivity index (χ4v) is 1.50. The summed E-state index contributed by atoms with van der Waals surface area (Å²) in [5, 5.41) is 9.48. The van der Waals surface area contributed by atoms with Crippen molar-refractivity contribution in [1.29, 1.82) is 0 Å². The average molecular weight is 172 g/mol. The normalized spacial score (nSPS) is 32.2. The lowest BCUT2D eigenvalue weighted by molar-refractivity contribution is -0.0193. The lowest BCUT2D eigenvalue weighted by Gasteiger charge is -2.13. The van der Waals surface area contributed by atoms with Gasteiger partial charge in [0.1, 0.15) is 0 Å². The molecular formula is C9H16O3. The van der Waals surface area contributed by atoms with Gasteiger partial charge in [-0.2, -0.15) is 0 Å². The molecule has 1 aliphatic carbocycles. The van der Waals surface area contributed by atoms with Gasteiger partial charge in [0.2, 0.25) is 0 Å². The van der Waals surface area contributed by atoms with E-state index in [1.807, 2.05) is 0 Å². The molecule has 0 radical (unpaired) electrons. The molecule has 0 bridgehead atoms. The molecule has 12 heavy (non-hydrogen) atoms. The van der Waals surface area contributed by atoms with Gasteiger partial charge in [0.15, 0.2) is 0 Å². The zero-order valence-corrected chi connectivity index (χ0v) is 7.24. The highest BCUT2D eigenvalue weighted by atomic mass is 16.5. The SMILES string of the molecule is OC(COC1CCOC1)C1CC1. The van der Waals surface area contributed by atoms with Gasteiger partial charge in [-0.1, -0.05) is 0 Å². The minimum atomic E-state index is -0.231. The van der Waals surface area contributed by atoms with Crippen LogP contribution < -0.4 is 0 Å². The third kappa shape index (κ3) is 2.19. The van der Waals surface area contributed by atoms with E-state index < -0.39 is 0 Å². The zero-order valence-electron chi connectivity index (χ0n) is 7.24. The highest BCUT2D eigenvalue weighted by Crippen LogP contribution is 2.32. The van der Waals surface area contributed by atoms with E-state index in [9.17, 15) is 5.11 Å². The van der Waals surface area contributed by atoms with Crippen molar-refractivity contribution < 1.29 is 14.6 Å². The summed E-state index contributed by atoms with van der Waals surface area (Å²) in [6.45, 7) is 2.01. The van der Waals surface area contributed by atoms with Gasteiger partial charge in [0.25, 0.3) is 0 Å². The van der Waals surface area contributed by atoms with Crippen molar-refractivity contribution in [3.05, 3.63) is 0 Å². The molecule has 2 unspecified atom stereocenters. The standard InChI is InChI=1S/C9H16O3/c10-9(7-1-2-7)6-12-8-3-4-11-5-8/h7-10H,1-6H2. The van der Waals surface area contributed by atoms with Crippen molar-refractivity contribution in [3.8, 4) is 0 Å². The van der Waals surface area contributed by atoms with Crippen LogP contribution in [0.5, 0.6) is 0 Å². The first-order valence-electron chi connectivity index (χ1n) is 4.73. The number of aliphatic hydroxyl groups excluding tert-OH is 1. The summed E-state index contributed by atoms with van der Waals surface area (Å²) in [6, 6.07) is 0. The largest absolute Gasteiger partial charge is 0.390 e. The van der Waals surface area contributed by atoms with Gasteiger partial charge in [0, 0.05) is 6.61 Å². The Kier molecular flexibility index (Phi) is 2.63. The second kappa shape index (κ2) is 3.73. The van der Waals surface area contributed by atoms with Crippen molar-refractivity contribution in [2.24, 2.45) is 5.92 Å². The van der Waals surface area contributed by atoms with Crippen LogP contribution in [0, 0.1) is 5.92 Å². The third-order valence-corrected chi connectivity index (χ3v) is 2.56. The quantitative estimate of drug-likeness (QED) is 0.673. The van der Waals surface area contributed by atoms with Crippen LogP contribution >= 0.6 is 0 Å². The molecule has 70 valence electrons. The maximum Gasteiger partial charge on any atom is 0.0831 e. The van der Waals surface area contributed by atoms with Gasteiger partial charge < -0.3 is 14.6 Å². The second-order valence-corrected chi connectivity index (χ2v) is 3.72. The zero-order chi connectivity index (χ0) is 8.39. The fourth-order valence-electron chi connectivity index (χ4n) is 1.50. The molecule has 1 N–H and O–H groups in total. The minimum absolute atomic E-state index is 0.231. The number of hydrogen-bond acceptors (Lipinski definition) is 3. The molecule has 0 aromatic carbocycles. The summed E-state index contributed by atoms with van der Waals surface area (Å²) < 4.78 is 10.6. The topological polar surface area (TPSA) is 38.7 Å². The van der Waals surface area contributed by atoms with E-state index in [0.717, 1.165) is 13.0 Å². The molecule has 2 atom stereocenters. The Hall–Kier alpha value is -0.120. The van der Waals surface area contributed by atoms with Crippen LogP contribution in [-0.4, -0.2) is 37.1 Å². The summed E-state index contributed by atoms with van der Waals surface area (Å²) in [7, 11) is 0. The number of rotatable bonds is 4. The highest BCUT2D eigenvalue weighted by molar-refractivity contribution is 4.81. The Balaban J connectivity index is 1.60. The molecule has 1 saturated heterocycles. The van der Waals surface area contributed by atoms with Crippen molar-refractivity contribution in [2.45, 2.75) is 31.5 Å². The van der Waals surface area contributed by atoms with Gasteiger partial charge >= 0.3 is 0 Å². The van der Waals surface area contributed by atoms with E-state index in [4.69, 9.17) is 9.47 Å². The Morgan fingerprint density at radius 3 is 2.83 bits per heavy atom. The lowest BCUT2D eigenvalue weighted by atomic mass is 10.2. The summed E-state index contributed by atoms with van der Waals surface area (Å²) in [5.74, 6) is 0.521. The van der Waals surface area contributed by atoms with E-state index in [-0.39, 0.29) is 12.2 Å². The lowest BCUT2D eigenvalue weighted by Crippen LogP contribution is -2.23. The Labute approximate surface area is 72.7 Å². The molecular weight excluding hydrogens is 156 g/mol. The van der Waals surface area contributed by atoms with Gasteiger partial charge in [-0.3, -0.25) is 0 Å². The summed E-state index contributed by atoms with van der Waals surface area (Å²) in [6.07, 6.45) is 3.33. The Morgan fingerprint density at radius 2 is 2.25 bits per heavy atom. The van der Waals surface area contributed by atoms with Crippen LogP contribution in [0.3, 0.4) is 0 Å². The first-order chi connectivity index (χ1) is 5.86. The summed E-state index contributed by atoms with van der Waals surface area (Å²) >= 11 is 0. The molecule has 0 aromatic heterocycles. The molecule has 3 nitrogen and oxygen atoms in total. The molecule has 1 aliphatic heterocycles. The minimum Gasteiger partial charge on any atom is -0.390 e. The number of ether oxygens (including phenoxy) is 2. The molecule has 0 amide bonds. The first kappa shape index (κ1) is 8.48. The average Bonchev–Trinajstić information content (AvgIpc) is 2.80. The molecule has 2 aliphatic rings. The van der Waals surface area contributed by atoms with E-state index in [1.54, 1.807) is 0 Å².